The summed E-state index contributed by atoms with van der Waals surface area (Å²) in [6.45, 7) is 1.85. The van der Waals surface area contributed by atoms with Crippen molar-refractivity contribution in [2.24, 2.45) is 0 Å². The van der Waals surface area contributed by atoms with Crippen molar-refractivity contribution in [3.05, 3.63) is 64.8 Å². The molecule has 5 rings (SSSR count). The molecule has 0 saturated carbocycles. The Bertz CT molecular complexity index is 1130. The molecule has 0 spiro atoms. The fourth-order valence-electron chi connectivity index (χ4n) is 4.65. The van der Waals surface area contributed by atoms with E-state index in [1.54, 1.807) is 10.0 Å². The van der Waals surface area contributed by atoms with Gasteiger partial charge in [0.1, 0.15) is 0 Å². The molecule has 4 nitrogen and oxygen atoms in total. The summed E-state index contributed by atoms with van der Waals surface area (Å²) in [6, 6.07) is 13.7. The highest BCUT2D eigenvalue weighted by atomic mass is 32.2. The van der Waals surface area contributed by atoms with Crippen LogP contribution in [0.1, 0.15) is 35.2 Å². The predicted molar refractivity (Wildman–Crippen MR) is 108 cm³/mol. The normalized spacial score (nSPS) is 17.3. The monoisotopic (exact) mass is 380 g/mol. The molecule has 1 aromatic heterocycles. The van der Waals surface area contributed by atoms with Crippen LogP contribution in [0.25, 0.3) is 10.9 Å². The number of hydrogen-bond acceptors (Lipinski definition) is 3. The molecular weight excluding hydrogens is 356 g/mol. The Morgan fingerprint density at radius 1 is 0.852 bits per heavy atom. The lowest BCUT2D eigenvalue weighted by Gasteiger charge is -2.17. The van der Waals surface area contributed by atoms with Crippen LogP contribution in [-0.2, 0) is 35.7 Å². The van der Waals surface area contributed by atoms with Crippen molar-refractivity contribution in [1.82, 2.24) is 9.29 Å². The molecule has 0 amide bonds. The standard InChI is InChI=1S/C22H24N2O2S/c25-27(26,18-10-9-16-11-13-23-14-12-17(16)15-18)24-21-7-3-1-5-19(21)20-6-2-4-8-22(20)24/h1,3,5,7,9-10,15,23H,2,4,6,8,11-14H2. The van der Waals surface area contributed by atoms with Gasteiger partial charge in [0.15, 0.2) is 0 Å². The van der Waals surface area contributed by atoms with E-state index in [9.17, 15) is 8.42 Å². The van der Waals surface area contributed by atoms with Gasteiger partial charge in [0.05, 0.1) is 10.4 Å². The van der Waals surface area contributed by atoms with Gasteiger partial charge in [0, 0.05) is 11.1 Å². The molecule has 1 aliphatic carbocycles. The molecule has 140 valence electrons. The first kappa shape index (κ1) is 17.0. The summed E-state index contributed by atoms with van der Waals surface area (Å²) < 4.78 is 29.0. The molecule has 0 radical (unpaired) electrons. The zero-order valence-corrected chi connectivity index (χ0v) is 16.2. The minimum atomic E-state index is -3.61. The first-order chi connectivity index (χ1) is 13.2. The van der Waals surface area contributed by atoms with E-state index in [1.165, 1.54) is 11.1 Å². The lowest BCUT2D eigenvalue weighted by atomic mass is 9.96. The van der Waals surface area contributed by atoms with E-state index in [0.717, 1.165) is 73.8 Å². The summed E-state index contributed by atoms with van der Waals surface area (Å²) in [5.41, 5.74) is 5.45. The summed E-state index contributed by atoms with van der Waals surface area (Å²) in [5, 5.41) is 4.48. The maximum atomic E-state index is 13.7. The molecule has 0 fully saturated rings. The molecule has 5 heteroatoms. The molecule has 0 atom stereocenters. The van der Waals surface area contributed by atoms with Gasteiger partial charge in [-0.3, -0.25) is 0 Å². The Balaban J connectivity index is 1.72. The highest BCUT2D eigenvalue weighted by Crippen LogP contribution is 2.35. The molecule has 1 aliphatic heterocycles. The van der Waals surface area contributed by atoms with Crippen molar-refractivity contribution < 1.29 is 8.42 Å². The molecule has 0 unspecified atom stereocenters. The van der Waals surface area contributed by atoms with E-state index in [-0.39, 0.29) is 0 Å². The number of nitrogens with zero attached hydrogens (tertiary/aromatic N) is 1. The maximum absolute atomic E-state index is 13.7. The van der Waals surface area contributed by atoms with E-state index in [0.29, 0.717) is 4.90 Å². The van der Waals surface area contributed by atoms with Gasteiger partial charge in [-0.2, -0.15) is 0 Å². The minimum absolute atomic E-state index is 0.414. The minimum Gasteiger partial charge on any atom is -0.316 e. The summed E-state index contributed by atoms with van der Waals surface area (Å²) >= 11 is 0. The molecule has 3 aromatic rings. The summed E-state index contributed by atoms with van der Waals surface area (Å²) in [5.74, 6) is 0. The van der Waals surface area contributed by atoms with Crippen LogP contribution >= 0.6 is 0 Å². The fraction of sp³-hybridized carbons (Fsp3) is 0.364. The smallest absolute Gasteiger partial charge is 0.268 e. The van der Waals surface area contributed by atoms with E-state index in [1.807, 2.05) is 30.3 Å². The van der Waals surface area contributed by atoms with Gasteiger partial charge in [0.25, 0.3) is 10.0 Å². The second-order valence-corrected chi connectivity index (χ2v) is 9.39. The predicted octanol–water partition coefficient (Wildman–Crippen LogP) is 3.45. The van der Waals surface area contributed by atoms with E-state index in [4.69, 9.17) is 0 Å². The second kappa shape index (κ2) is 6.50. The fourth-order valence-corrected chi connectivity index (χ4v) is 6.30. The third-order valence-corrected chi connectivity index (χ3v) is 7.74. The quantitative estimate of drug-likeness (QED) is 0.741. The third-order valence-electron chi connectivity index (χ3n) is 5.99. The van der Waals surface area contributed by atoms with Crippen molar-refractivity contribution >= 4 is 20.9 Å². The van der Waals surface area contributed by atoms with Gasteiger partial charge < -0.3 is 5.32 Å². The SMILES string of the molecule is O=S(=O)(c1ccc2c(c1)CCNCC2)n1c2c(c3ccccc31)CCCC2. The average Bonchev–Trinajstić information content (AvgIpc) is 2.85. The molecule has 27 heavy (non-hydrogen) atoms. The zero-order chi connectivity index (χ0) is 18.4. The molecule has 1 N–H and O–H groups in total. The maximum Gasteiger partial charge on any atom is 0.268 e. The Morgan fingerprint density at radius 2 is 1.63 bits per heavy atom. The topological polar surface area (TPSA) is 51.1 Å². The molecule has 2 heterocycles. The van der Waals surface area contributed by atoms with Crippen molar-refractivity contribution in [2.45, 2.75) is 43.4 Å². The lowest BCUT2D eigenvalue weighted by Crippen LogP contribution is -2.18. The number of benzene rings is 2. The number of aryl methyl sites for hydroxylation is 1. The molecule has 2 aromatic carbocycles. The van der Waals surface area contributed by atoms with Crippen molar-refractivity contribution in [2.75, 3.05) is 13.1 Å². The van der Waals surface area contributed by atoms with Gasteiger partial charge >= 0.3 is 0 Å². The largest absolute Gasteiger partial charge is 0.316 e. The van der Waals surface area contributed by atoms with Crippen molar-refractivity contribution in [3.8, 4) is 0 Å². The van der Waals surface area contributed by atoms with E-state index in [2.05, 4.69) is 11.4 Å². The number of rotatable bonds is 2. The first-order valence-corrected chi connectivity index (χ1v) is 11.3. The Morgan fingerprint density at radius 3 is 2.52 bits per heavy atom. The van der Waals surface area contributed by atoms with Crippen LogP contribution < -0.4 is 5.32 Å². The van der Waals surface area contributed by atoms with E-state index < -0.39 is 10.0 Å². The van der Waals surface area contributed by atoms with Crippen LogP contribution in [0.5, 0.6) is 0 Å². The Kier molecular flexibility index (Phi) is 4.10. The Labute approximate surface area is 160 Å². The van der Waals surface area contributed by atoms with Crippen LogP contribution in [-0.4, -0.2) is 25.5 Å². The molecule has 2 aliphatic rings. The second-order valence-electron chi connectivity index (χ2n) is 7.60. The number of fused-ring (bicyclic) bond motifs is 4. The van der Waals surface area contributed by atoms with Crippen molar-refractivity contribution in [3.63, 3.8) is 0 Å². The van der Waals surface area contributed by atoms with Crippen LogP contribution in [0, 0.1) is 0 Å². The van der Waals surface area contributed by atoms with Crippen LogP contribution in [0.3, 0.4) is 0 Å². The van der Waals surface area contributed by atoms with Crippen LogP contribution in [0.2, 0.25) is 0 Å². The van der Waals surface area contributed by atoms with Gasteiger partial charge in [-0.25, -0.2) is 12.4 Å². The van der Waals surface area contributed by atoms with Gasteiger partial charge in [0.2, 0.25) is 0 Å². The van der Waals surface area contributed by atoms with Gasteiger partial charge in [-0.15, -0.1) is 0 Å². The number of nitrogens with one attached hydrogen (secondary N) is 1. The van der Waals surface area contributed by atoms with Crippen LogP contribution in [0.15, 0.2) is 47.4 Å². The summed E-state index contributed by atoms with van der Waals surface area (Å²) in [7, 11) is -3.61. The van der Waals surface area contributed by atoms with Gasteiger partial charge in [-0.1, -0.05) is 24.3 Å². The number of hydrogen-bond donors (Lipinski definition) is 1. The first-order valence-electron chi connectivity index (χ1n) is 9.85. The molecule has 0 bridgehead atoms. The average molecular weight is 381 g/mol. The molecular formula is C22H24N2O2S. The summed E-state index contributed by atoms with van der Waals surface area (Å²) in [6.07, 6.45) is 5.81. The van der Waals surface area contributed by atoms with E-state index >= 15 is 0 Å². The van der Waals surface area contributed by atoms with Gasteiger partial charge in [-0.05, 0) is 86.5 Å². The number of para-hydroxylation sites is 1. The third kappa shape index (κ3) is 2.72. The zero-order valence-electron chi connectivity index (χ0n) is 15.4. The summed E-state index contributed by atoms with van der Waals surface area (Å²) in [4.78, 5) is 0.414. The molecule has 0 saturated heterocycles. The number of aromatic nitrogens is 1. The highest BCUT2D eigenvalue weighted by molar-refractivity contribution is 7.90. The highest BCUT2D eigenvalue weighted by Gasteiger charge is 2.28. The Hall–Kier alpha value is -2.11. The van der Waals surface area contributed by atoms with Crippen LogP contribution in [0.4, 0.5) is 0 Å². The van der Waals surface area contributed by atoms with Crippen molar-refractivity contribution in [1.29, 1.82) is 0 Å². The lowest BCUT2D eigenvalue weighted by molar-refractivity contribution is 0.582.